The molecule has 1 atom stereocenters. The number of aryl methyl sites for hydroxylation is 1. The van der Waals surface area contributed by atoms with Crippen LogP contribution in [0.25, 0.3) is 17.2 Å². The zero-order valence-corrected chi connectivity index (χ0v) is 33.8. The van der Waals surface area contributed by atoms with Gasteiger partial charge in [0.25, 0.3) is 11.5 Å². The number of hydrogen-bond donors (Lipinski definition) is 2. The Kier molecular flexibility index (Phi) is 10.9. The average molecular weight is 852 g/mol. The van der Waals surface area contributed by atoms with Crippen molar-refractivity contribution in [2.75, 3.05) is 38.6 Å². The molecule has 316 valence electrons. The molecule has 2 N–H and O–H groups in total. The molecule has 5 aromatic rings. The minimum Gasteiger partial charge on any atom is -0.504 e. The summed E-state index contributed by atoms with van der Waals surface area (Å²) in [5.74, 6) is -2.47. The summed E-state index contributed by atoms with van der Waals surface area (Å²) in [6, 6.07) is 7.36. The summed E-state index contributed by atoms with van der Waals surface area (Å²) < 4.78 is 64.1. The number of aromatic hydroxyl groups is 1. The number of benzene rings is 2. The summed E-state index contributed by atoms with van der Waals surface area (Å²) in [7, 11) is 1.70. The van der Waals surface area contributed by atoms with Gasteiger partial charge in [-0.05, 0) is 80.8 Å². The fourth-order valence-corrected chi connectivity index (χ4v) is 9.26. The van der Waals surface area contributed by atoms with Gasteiger partial charge in [0.05, 0.1) is 33.6 Å². The normalized spacial score (nSPS) is 18.3. The first-order valence-electron chi connectivity index (χ1n) is 19.6. The highest BCUT2D eigenvalue weighted by Crippen LogP contribution is 2.50. The van der Waals surface area contributed by atoms with Crippen LogP contribution in [0.2, 0.25) is 5.02 Å². The molecule has 19 heteroatoms. The van der Waals surface area contributed by atoms with E-state index >= 15 is 4.39 Å². The number of carbonyl (C=O) groups is 2. The molecule has 60 heavy (non-hydrogen) atoms. The van der Waals surface area contributed by atoms with Crippen molar-refractivity contribution in [2.45, 2.75) is 82.7 Å². The number of rotatable bonds is 8. The van der Waals surface area contributed by atoms with Gasteiger partial charge in [0.15, 0.2) is 17.3 Å². The predicted molar refractivity (Wildman–Crippen MR) is 211 cm³/mol. The van der Waals surface area contributed by atoms with Crippen molar-refractivity contribution in [1.82, 2.24) is 38.9 Å². The molecule has 5 heterocycles. The standard InChI is InChI=1S/C41H42ClF4N9O5/c1-22-18-40(10-14-53(15-11-40)38(59)33-35(57)23(2)47-21-48-33)32-34(22)54(20-31(56)49-30-7-5-25(17-28(30)42)41(44,45)46)39-50-36(51-55(39)37(32)58)27-6-4-24(16-29(27)43)19-52-12-8-26(60-3)9-13-52/h4-7,16-17,21-22,26,57H,8-15,18-20H2,1-3H3,(H,49,56). The second-order valence-corrected chi connectivity index (χ2v) is 16.3. The van der Waals surface area contributed by atoms with Crippen LogP contribution in [0.15, 0.2) is 47.5 Å². The number of piperidine rings is 2. The summed E-state index contributed by atoms with van der Waals surface area (Å²) in [5.41, 5.74) is -0.453. The zero-order valence-electron chi connectivity index (χ0n) is 33.0. The highest BCUT2D eigenvalue weighted by molar-refractivity contribution is 6.33. The summed E-state index contributed by atoms with van der Waals surface area (Å²) in [6.45, 7) is 5.63. The highest BCUT2D eigenvalue weighted by atomic mass is 35.5. The molecule has 1 unspecified atom stereocenters. The molecule has 14 nitrogen and oxygen atoms in total. The minimum absolute atomic E-state index is 0.0296. The van der Waals surface area contributed by atoms with Crippen LogP contribution in [0.4, 0.5) is 23.2 Å². The van der Waals surface area contributed by atoms with E-state index in [0.29, 0.717) is 37.1 Å². The van der Waals surface area contributed by atoms with E-state index in [1.807, 2.05) is 6.92 Å². The van der Waals surface area contributed by atoms with E-state index in [1.165, 1.54) is 12.4 Å². The van der Waals surface area contributed by atoms with E-state index in [9.17, 15) is 32.7 Å². The fraction of sp³-hybridized carbons (Fsp3) is 0.439. The molecule has 0 radical (unpaired) electrons. The van der Waals surface area contributed by atoms with Crippen LogP contribution >= 0.6 is 11.6 Å². The summed E-state index contributed by atoms with van der Waals surface area (Å²) in [4.78, 5) is 58.4. The zero-order chi connectivity index (χ0) is 42.7. The van der Waals surface area contributed by atoms with Crippen LogP contribution in [0, 0.1) is 12.7 Å². The number of ether oxygens (including phenoxy) is 1. The molecule has 1 aliphatic carbocycles. The maximum atomic E-state index is 16.0. The first-order chi connectivity index (χ1) is 28.6. The van der Waals surface area contributed by atoms with Crippen molar-refractivity contribution in [3.63, 3.8) is 0 Å². The van der Waals surface area contributed by atoms with Crippen LogP contribution in [0.3, 0.4) is 0 Å². The Morgan fingerprint density at radius 2 is 1.80 bits per heavy atom. The van der Waals surface area contributed by atoms with Gasteiger partial charge < -0.3 is 24.6 Å². The van der Waals surface area contributed by atoms with Gasteiger partial charge >= 0.3 is 6.18 Å². The molecule has 2 fully saturated rings. The Morgan fingerprint density at radius 1 is 1.07 bits per heavy atom. The molecule has 1 spiro atoms. The van der Waals surface area contributed by atoms with Gasteiger partial charge in [-0.25, -0.2) is 14.4 Å². The fourth-order valence-electron chi connectivity index (χ4n) is 9.03. The van der Waals surface area contributed by atoms with Crippen LogP contribution < -0.4 is 10.9 Å². The summed E-state index contributed by atoms with van der Waals surface area (Å²) >= 11 is 6.18. The molecule has 0 bridgehead atoms. The van der Waals surface area contributed by atoms with Gasteiger partial charge in [-0.15, -0.1) is 5.10 Å². The number of fused-ring (bicyclic) bond motifs is 3. The van der Waals surface area contributed by atoms with Gasteiger partial charge in [0, 0.05) is 56.5 Å². The minimum atomic E-state index is -4.65. The molecule has 0 saturated carbocycles. The molecule has 2 aromatic carbocycles. The lowest BCUT2D eigenvalue weighted by Crippen LogP contribution is -2.46. The van der Waals surface area contributed by atoms with E-state index in [-0.39, 0.29) is 70.1 Å². The number of carbonyl (C=O) groups excluding carboxylic acids is 2. The summed E-state index contributed by atoms with van der Waals surface area (Å²) in [6.07, 6.45) is -0.277. The maximum absolute atomic E-state index is 16.0. The third-order valence-corrected chi connectivity index (χ3v) is 12.4. The lowest BCUT2D eigenvalue weighted by atomic mass is 9.73. The largest absolute Gasteiger partial charge is 0.504 e. The van der Waals surface area contributed by atoms with Gasteiger partial charge in [-0.1, -0.05) is 24.6 Å². The predicted octanol–water partition coefficient (Wildman–Crippen LogP) is 6.10. The number of aromatic nitrogens is 6. The number of halogens is 5. The van der Waals surface area contributed by atoms with Gasteiger partial charge in [-0.3, -0.25) is 19.3 Å². The monoisotopic (exact) mass is 851 g/mol. The summed E-state index contributed by atoms with van der Waals surface area (Å²) in [5, 5.41) is 17.3. The number of nitrogens with one attached hydrogen (secondary N) is 1. The topological polar surface area (TPSA) is 160 Å². The number of methoxy groups -OCH3 is 1. The number of nitrogens with zero attached hydrogens (tertiary/aromatic N) is 8. The van der Waals surface area contributed by atoms with E-state index < -0.39 is 46.9 Å². The Hall–Kier alpha value is -5.46. The average Bonchev–Trinajstić information content (AvgIpc) is 3.78. The first kappa shape index (κ1) is 41.3. The maximum Gasteiger partial charge on any atom is 0.416 e. The molecular formula is C41H42ClF4N9O5. The van der Waals surface area contributed by atoms with E-state index in [0.717, 1.165) is 54.2 Å². The van der Waals surface area contributed by atoms with Crippen LogP contribution in [0.5, 0.6) is 5.75 Å². The van der Waals surface area contributed by atoms with Crippen LogP contribution in [0.1, 0.15) is 83.5 Å². The Morgan fingerprint density at radius 3 is 2.47 bits per heavy atom. The van der Waals surface area contributed by atoms with Crippen LogP contribution in [-0.2, 0) is 34.2 Å². The van der Waals surface area contributed by atoms with Crippen molar-refractivity contribution in [3.8, 4) is 17.1 Å². The van der Waals surface area contributed by atoms with Gasteiger partial charge in [0.2, 0.25) is 11.7 Å². The molecule has 8 rings (SSSR count). The van der Waals surface area contributed by atoms with E-state index in [1.54, 1.807) is 35.6 Å². The van der Waals surface area contributed by atoms with Crippen LogP contribution in [-0.4, -0.2) is 95.2 Å². The number of amides is 2. The Labute approximate surface area is 346 Å². The number of likely N-dealkylation sites (tertiary alicyclic amines) is 2. The lowest BCUT2D eigenvalue weighted by molar-refractivity contribution is -0.137. The Balaban J connectivity index is 1.15. The van der Waals surface area contributed by atoms with Gasteiger partial charge in [0.1, 0.15) is 18.7 Å². The number of alkyl halides is 3. The molecule has 2 aliphatic heterocycles. The van der Waals surface area contributed by atoms with Crippen molar-refractivity contribution in [3.05, 3.63) is 97.7 Å². The molecule has 2 saturated heterocycles. The smallest absolute Gasteiger partial charge is 0.416 e. The second-order valence-electron chi connectivity index (χ2n) is 15.9. The molecular weight excluding hydrogens is 810 g/mol. The lowest BCUT2D eigenvalue weighted by Gasteiger charge is -2.39. The van der Waals surface area contributed by atoms with E-state index in [4.69, 9.17) is 16.3 Å². The Bertz CT molecular complexity index is 2560. The van der Waals surface area contributed by atoms with Crippen molar-refractivity contribution in [2.24, 2.45) is 0 Å². The first-order valence-corrected chi connectivity index (χ1v) is 20.0. The van der Waals surface area contributed by atoms with Crippen molar-refractivity contribution >= 4 is 34.9 Å². The van der Waals surface area contributed by atoms with Crippen molar-refractivity contribution < 1.29 is 37.0 Å². The van der Waals surface area contributed by atoms with Gasteiger partial charge in [-0.2, -0.15) is 22.7 Å². The number of anilines is 1. The third-order valence-electron chi connectivity index (χ3n) is 12.1. The quantitative estimate of drug-likeness (QED) is 0.175. The highest BCUT2D eigenvalue weighted by Gasteiger charge is 2.49. The van der Waals surface area contributed by atoms with Crippen molar-refractivity contribution in [1.29, 1.82) is 0 Å². The second kappa shape index (κ2) is 15.9. The van der Waals surface area contributed by atoms with E-state index in [2.05, 4.69) is 30.3 Å². The number of hydrogen-bond acceptors (Lipinski definition) is 10. The SMILES string of the molecule is COC1CCN(Cc2ccc(-c3nc4n(CC(=O)Nc5ccc(C(F)(F)F)cc5Cl)c5c(c(=O)n4n3)C3(CCN(C(=O)c4ncnc(C)c4O)CC3)CC5C)c(F)c2)CC1. The molecule has 2 amide bonds. The molecule has 3 aliphatic rings. The third kappa shape index (κ3) is 7.60. The molecule has 3 aromatic heterocycles.